The van der Waals surface area contributed by atoms with E-state index < -0.39 is 12.1 Å². The summed E-state index contributed by atoms with van der Waals surface area (Å²) in [6, 6.07) is 23.6. The smallest absolute Gasteiger partial charge is 0.411 e. The molecule has 0 bridgehead atoms. The van der Waals surface area contributed by atoms with Gasteiger partial charge in [0, 0.05) is 15.5 Å². The lowest BCUT2D eigenvalue weighted by molar-refractivity contribution is 0.0693. The van der Waals surface area contributed by atoms with E-state index in [0.717, 1.165) is 10.5 Å². The molecule has 0 radical (unpaired) electrons. The van der Waals surface area contributed by atoms with Gasteiger partial charge in [-0.15, -0.1) is 0 Å². The van der Waals surface area contributed by atoms with Gasteiger partial charge in [0.2, 0.25) is 0 Å². The van der Waals surface area contributed by atoms with Crippen LogP contribution in [-0.2, 0) is 11.3 Å². The Morgan fingerprint density at radius 1 is 0.926 bits per heavy atom. The summed E-state index contributed by atoms with van der Waals surface area (Å²) in [6.07, 6.45) is -0.640. The standard InChI is InChI=1S/C21H17NO4S/c23-20(24)18-13-16(11-12-19(18)27-17-9-5-2-6-10-17)22-21(25)26-14-15-7-3-1-4-8-15/h1-13H,14H2,(H,22,25)(H,23,24). The molecule has 2 N–H and O–H groups in total. The number of carboxylic acid groups (broad SMARTS) is 1. The van der Waals surface area contributed by atoms with Gasteiger partial charge in [0.15, 0.2) is 0 Å². The van der Waals surface area contributed by atoms with Gasteiger partial charge in [-0.05, 0) is 35.9 Å². The lowest BCUT2D eigenvalue weighted by Crippen LogP contribution is -2.14. The molecule has 0 saturated heterocycles. The van der Waals surface area contributed by atoms with Gasteiger partial charge in [-0.25, -0.2) is 9.59 Å². The van der Waals surface area contributed by atoms with E-state index in [0.29, 0.717) is 10.6 Å². The number of carbonyl (C=O) groups is 2. The van der Waals surface area contributed by atoms with Crippen LogP contribution in [0, 0.1) is 0 Å². The van der Waals surface area contributed by atoms with Gasteiger partial charge in [0.05, 0.1) is 5.56 Å². The second kappa shape index (κ2) is 8.91. The van der Waals surface area contributed by atoms with Crippen molar-refractivity contribution in [2.24, 2.45) is 0 Å². The number of amides is 1. The third-order valence-corrected chi connectivity index (χ3v) is 4.72. The average molecular weight is 379 g/mol. The SMILES string of the molecule is O=C(Nc1ccc(Sc2ccccc2)c(C(=O)O)c1)OCc1ccccc1. The Hall–Kier alpha value is -3.25. The first-order valence-corrected chi connectivity index (χ1v) is 9.01. The average Bonchev–Trinajstić information content (AvgIpc) is 2.69. The number of nitrogens with one attached hydrogen (secondary N) is 1. The molecule has 136 valence electrons. The van der Waals surface area contributed by atoms with Gasteiger partial charge < -0.3 is 9.84 Å². The molecule has 6 heteroatoms. The third kappa shape index (κ3) is 5.36. The van der Waals surface area contributed by atoms with Crippen LogP contribution in [0.5, 0.6) is 0 Å². The quantitative estimate of drug-likeness (QED) is 0.609. The van der Waals surface area contributed by atoms with Crippen molar-refractivity contribution < 1.29 is 19.4 Å². The normalized spacial score (nSPS) is 10.2. The zero-order valence-corrected chi connectivity index (χ0v) is 15.1. The van der Waals surface area contributed by atoms with Gasteiger partial charge in [-0.3, -0.25) is 5.32 Å². The summed E-state index contributed by atoms with van der Waals surface area (Å²) >= 11 is 1.35. The Bertz CT molecular complexity index is 929. The summed E-state index contributed by atoms with van der Waals surface area (Å²) in [6.45, 7) is 0.139. The molecule has 27 heavy (non-hydrogen) atoms. The monoisotopic (exact) mass is 379 g/mol. The first kappa shape index (κ1) is 18.5. The Labute approximate surface area is 161 Å². The van der Waals surface area contributed by atoms with E-state index in [1.807, 2.05) is 60.7 Å². The lowest BCUT2D eigenvalue weighted by atomic mass is 10.2. The van der Waals surface area contributed by atoms with Crippen molar-refractivity contribution in [3.05, 3.63) is 90.0 Å². The minimum absolute atomic E-state index is 0.115. The van der Waals surface area contributed by atoms with Crippen molar-refractivity contribution >= 4 is 29.5 Å². The van der Waals surface area contributed by atoms with E-state index in [1.165, 1.54) is 17.8 Å². The number of benzene rings is 3. The van der Waals surface area contributed by atoms with Gasteiger partial charge in [-0.1, -0.05) is 60.3 Å². The molecule has 0 fully saturated rings. The van der Waals surface area contributed by atoms with Crippen LogP contribution in [0.15, 0.2) is 88.7 Å². The summed E-state index contributed by atoms with van der Waals surface area (Å²) in [4.78, 5) is 25.1. The van der Waals surface area contributed by atoms with E-state index in [4.69, 9.17) is 4.74 Å². The van der Waals surface area contributed by atoms with Crippen LogP contribution in [0.4, 0.5) is 10.5 Å². The largest absolute Gasteiger partial charge is 0.478 e. The number of hydrogen-bond acceptors (Lipinski definition) is 4. The molecule has 0 aliphatic rings. The molecule has 1 amide bonds. The molecule has 0 spiro atoms. The highest BCUT2D eigenvalue weighted by atomic mass is 32.2. The van der Waals surface area contributed by atoms with Crippen LogP contribution in [0.1, 0.15) is 15.9 Å². The molecule has 5 nitrogen and oxygen atoms in total. The minimum atomic E-state index is -1.06. The fourth-order valence-electron chi connectivity index (χ4n) is 2.36. The van der Waals surface area contributed by atoms with Crippen molar-refractivity contribution in [3.63, 3.8) is 0 Å². The van der Waals surface area contributed by atoms with E-state index >= 15 is 0 Å². The van der Waals surface area contributed by atoms with Gasteiger partial charge in [0.25, 0.3) is 0 Å². The second-order valence-corrected chi connectivity index (χ2v) is 6.73. The Morgan fingerprint density at radius 2 is 1.59 bits per heavy atom. The van der Waals surface area contributed by atoms with Crippen LogP contribution in [0.3, 0.4) is 0 Å². The van der Waals surface area contributed by atoms with E-state index in [-0.39, 0.29) is 12.2 Å². The Balaban J connectivity index is 1.68. The van der Waals surface area contributed by atoms with Crippen molar-refractivity contribution in [1.29, 1.82) is 0 Å². The first-order chi connectivity index (χ1) is 13.1. The number of anilines is 1. The van der Waals surface area contributed by atoms with Crippen molar-refractivity contribution in [2.75, 3.05) is 5.32 Å². The highest BCUT2D eigenvalue weighted by Gasteiger charge is 2.14. The molecular weight excluding hydrogens is 362 g/mol. The van der Waals surface area contributed by atoms with Crippen molar-refractivity contribution in [3.8, 4) is 0 Å². The van der Waals surface area contributed by atoms with Gasteiger partial charge in [0.1, 0.15) is 6.61 Å². The van der Waals surface area contributed by atoms with Crippen molar-refractivity contribution in [2.45, 2.75) is 16.4 Å². The number of carboxylic acids is 1. The number of carbonyl (C=O) groups excluding carboxylic acids is 1. The molecule has 0 heterocycles. The van der Waals surface area contributed by atoms with E-state index in [2.05, 4.69) is 5.32 Å². The van der Waals surface area contributed by atoms with Gasteiger partial charge in [-0.2, -0.15) is 0 Å². The molecular formula is C21H17NO4S. The van der Waals surface area contributed by atoms with Gasteiger partial charge >= 0.3 is 12.1 Å². The van der Waals surface area contributed by atoms with Crippen LogP contribution in [-0.4, -0.2) is 17.2 Å². The summed E-state index contributed by atoms with van der Waals surface area (Å²) in [5.74, 6) is -1.06. The Morgan fingerprint density at radius 3 is 2.26 bits per heavy atom. The first-order valence-electron chi connectivity index (χ1n) is 8.20. The molecule has 0 saturated carbocycles. The van der Waals surface area contributed by atoms with E-state index in [1.54, 1.807) is 12.1 Å². The molecule has 0 aliphatic carbocycles. The molecule has 0 aliphatic heterocycles. The third-order valence-electron chi connectivity index (χ3n) is 3.64. The fourth-order valence-corrected chi connectivity index (χ4v) is 3.30. The van der Waals surface area contributed by atoms with Crippen LogP contribution < -0.4 is 5.32 Å². The number of aromatic carboxylic acids is 1. The van der Waals surface area contributed by atoms with Crippen LogP contribution >= 0.6 is 11.8 Å². The zero-order chi connectivity index (χ0) is 19.1. The maximum Gasteiger partial charge on any atom is 0.411 e. The topological polar surface area (TPSA) is 75.6 Å². The number of rotatable bonds is 6. The number of ether oxygens (including phenoxy) is 1. The number of hydrogen-bond donors (Lipinski definition) is 2. The molecule has 0 unspecified atom stereocenters. The van der Waals surface area contributed by atoms with Crippen LogP contribution in [0.25, 0.3) is 0 Å². The summed E-state index contributed by atoms with van der Waals surface area (Å²) in [7, 11) is 0. The molecule has 0 aromatic heterocycles. The summed E-state index contributed by atoms with van der Waals surface area (Å²) in [5.41, 5.74) is 1.35. The molecule has 3 rings (SSSR count). The summed E-state index contributed by atoms with van der Waals surface area (Å²) < 4.78 is 5.16. The fraction of sp³-hybridized carbons (Fsp3) is 0.0476. The highest BCUT2D eigenvalue weighted by Crippen LogP contribution is 2.32. The Kier molecular flexibility index (Phi) is 6.12. The maximum absolute atomic E-state index is 12.0. The van der Waals surface area contributed by atoms with Crippen LogP contribution in [0.2, 0.25) is 0 Å². The van der Waals surface area contributed by atoms with Crippen molar-refractivity contribution in [1.82, 2.24) is 0 Å². The maximum atomic E-state index is 12.0. The van der Waals surface area contributed by atoms with E-state index in [9.17, 15) is 14.7 Å². The molecule has 3 aromatic rings. The minimum Gasteiger partial charge on any atom is -0.478 e. The highest BCUT2D eigenvalue weighted by molar-refractivity contribution is 7.99. The molecule has 0 atom stereocenters. The predicted octanol–water partition coefficient (Wildman–Crippen LogP) is 5.28. The molecule has 3 aromatic carbocycles. The second-order valence-electron chi connectivity index (χ2n) is 5.62. The lowest BCUT2D eigenvalue weighted by Gasteiger charge is -2.10. The summed E-state index contributed by atoms with van der Waals surface area (Å²) in [5, 5.41) is 12.1. The predicted molar refractivity (Wildman–Crippen MR) is 104 cm³/mol. The zero-order valence-electron chi connectivity index (χ0n) is 14.3.